The third-order valence-corrected chi connectivity index (χ3v) is 6.28. The van der Waals surface area contributed by atoms with E-state index in [9.17, 15) is 17.2 Å². The third-order valence-electron chi connectivity index (χ3n) is 4.60. The molecule has 0 aromatic heterocycles. The first kappa shape index (κ1) is 16.4. The predicted octanol–water partition coefficient (Wildman–Crippen LogP) is 2.83. The Morgan fingerprint density at radius 2 is 1.86 bits per heavy atom. The summed E-state index contributed by atoms with van der Waals surface area (Å²) in [5, 5.41) is 3.27. The highest BCUT2D eigenvalue weighted by Crippen LogP contribution is 2.52. The molecule has 0 heterocycles. The molecular weight excluding hydrogens is 296 g/mol. The lowest BCUT2D eigenvalue weighted by Gasteiger charge is -2.52. The van der Waals surface area contributed by atoms with Crippen LogP contribution in [0.3, 0.4) is 0 Å². The molecule has 0 spiro atoms. The fourth-order valence-electron chi connectivity index (χ4n) is 3.15. The maximum absolute atomic E-state index is 12.3. The van der Waals surface area contributed by atoms with Crippen LogP contribution in [0, 0.1) is 5.41 Å². The van der Waals surface area contributed by atoms with Gasteiger partial charge in [0.15, 0.2) is 9.84 Å². The predicted molar refractivity (Wildman–Crippen MR) is 78.5 cm³/mol. The van der Waals surface area contributed by atoms with E-state index in [1.54, 1.807) is 12.1 Å². The van der Waals surface area contributed by atoms with Crippen molar-refractivity contribution in [3.8, 4) is 0 Å². The average Bonchev–Trinajstić information content (AvgIpc) is 2.37. The second-order valence-corrected chi connectivity index (χ2v) is 8.23. The number of nitrogens with one attached hydrogen (secondary N) is 1. The van der Waals surface area contributed by atoms with Crippen molar-refractivity contribution in [3.05, 3.63) is 29.8 Å². The summed E-state index contributed by atoms with van der Waals surface area (Å²) in [6.45, 7) is 4.34. The topological polar surface area (TPSA) is 46.2 Å². The van der Waals surface area contributed by atoms with E-state index in [1.807, 2.05) is 7.05 Å². The molecule has 1 aromatic carbocycles. The molecule has 3 nitrogen and oxygen atoms in total. The fraction of sp³-hybridized carbons (Fsp3) is 0.600. The van der Waals surface area contributed by atoms with Crippen molar-refractivity contribution < 1.29 is 17.2 Å². The molecular formula is C15H21F2NO2S. The van der Waals surface area contributed by atoms with Gasteiger partial charge < -0.3 is 5.32 Å². The number of alkyl halides is 2. The summed E-state index contributed by atoms with van der Waals surface area (Å²) < 4.78 is 48.1. The molecule has 118 valence electrons. The van der Waals surface area contributed by atoms with E-state index in [-0.39, 0.29) is 10.3 Å². The van der Waals surface area contributed by atoms with E-state index in [4.69, 9.17) is 0 Å². The van der Waals surface area contributed by atoms with Crippen LogP contribution in [0.15, 0.2) is 29.2 Å². The van der Waals surface area contributed by atoms with Gasteiger partial charge in [-0.25, -0.2) is 17.2 Å². The van der Waals surface area contributed by atoms with Crippen LogP contribution in [0.25, 0.3) is 0 Å². The number of benzene rings is 1. The van der Waals surface area contributed by atoms with Crippen LogP contribution in [0.2, 0.25) is 0 Å². The molecule has 2 atom stereocenters. The number of hydrogen-bond donors (Lipinski definition) is 1. The van der Waals surface area contributed by atoms with E-state index < -0.39 is 22.0 Å². The Kier molecular flexibility index (Phi) is 4.40. The Morgan fingerprint density at radius 1 is 1.29 bits per heavy atom. The van der Waals surface area contributed by atoms with E-state index in [1.165, 1.54) is 12.1 Å². The second-order valence-electron chi connectivity index (χ2n) is 6.19. The largest absolute Gasteiger partial charge is 0.316 e. The van der Waals surface area contributed by atoms with Gasteiger partial charge in [-0.2, -0.15) is 0 Å². The summed E-state index contributed by atoms with van der Waals surface area (Å²) in [5.74, 6) is -0.773. The van der Waals surface area contributed by atoms with Crippen LogP contribution in [-0.2, 0) is 9.84 Å². The lowest BCUT2D eigenvalue weighted by molar-refractivity contribution is 0.0751. The average molecular weight is 317 g/mol. The maximum Gasteiger partial charge on any atom is 0.252 e. The minimum atomic E-state index is -3.90. The van der Waals surface area contributed by atoms with Crippen LogP contribution in [0.1, 0.15) is 31.7 Å². The van der Waals surface area contributed by atoms with Gasteiger partial charge in [0.2, 0.25) is 0 Å². The Bertz CT molecular complexity index is 597. The van der Waals surface area contributed by atoms with Gasteiger partial charge >= 0.3 is 0 Å². The molecule has 21 heavy (non-hydrogen) atoms. The summed E-state index contributed by atoms with van der Waals surface area (Å²) in [4.78, 5) is -0.0335. The zero-order valence-electron chi connectivity index (χ0n) is 12.4. The van der Waals surface area contributed by atoms with Gasteiger partial charge in [0.1, 0.15) is 5.75 Å². The molecule has 0 radical (unpaired) electrons. The SMILES string of the molecule is CNC1CC(c2ccc(S(=O)(=O)CC(F)F)cc2)C1(C)C. The molecule has 0 aliphatic heterocycles. The molecule has 2 rings (SSSR count). The van der Waals surface area contributed by atoms with Crippen molar-refractivity contribution in [2.45, 2.75) is 43.5 Å². The molecule has 0 amide bonds. The summed E-state index contributed by atoms with van der Waals surface area (Å²) in [7, 11) is -1.96. The lowest BCUT2D eigenvalue weighted by Crippen LogP contribution is -2.54. The molecule has 0 saturated heterocycles. The fourth-order valence-corrected chi connectivity index (χ4v) is 4.23. The first-order valence-electron chi connectivity index (χ1n) is 6.96. The van der Waals surface area contributed by atoms with E-state index in [0.29, 0.717) is 12.0 Å². The minimum absolute atomic E-state index is 0.0335. The zero-order valence-corrected chi connectivity index (χ0v) is 13.3. The van der Waals surface area contributed by atoms with Gasteiger partial charge in [0.25, 0.3) is 6.43 Å². The third kappa shape index (κ3) is 3.11. The van der Waals surface area contributed by atoms with E-state index in [2.05, 4.69) is 19.2 Å². The molecule has 1 N–H and O–H groups in total. The first-order chi connectivity index (χ1) is 9.68. The highest BCUT2D eigenvalue weighted by molar-refractivity contribution is 7.91. The van der Waals surface area contributed by atoms with E-state index >= 15 is 0 Å². The van der Waals surface area contributed by atoms with Gasteiger partial charge in [0.05, 0.1) is 4.90 Å². The normalized spacial score (nSPS) is 24.9. The van der Waals surface area contributed by atoms with Crippen molar-refractivity contribution in [2.24, 2.45) is 5.41 Å². The quantitative estimate of drug-likeness (QED) is 0.908. The van der Waals surface area contributed by atoms with Gasteiger partial charge in [0, 0.05) is 6.04 Å². The van der Waals surface area contributed by atoms with Gasteiger partial charge in [-0.3, -0.25) is 0 Å². The van der Waals surface area contributed by atoms with Crippen molar-refractivity contribution in [2.75, 3.05) is 12.8 Å². The van der Waals surface area contributed by atoms with Crippen LogP contribution < -0.4 is 5.32 Å². The number of rotatable bonds is 5. The van der Waals surface area contributed by atoms with Crippen molar-refractivity contribution in [3.63, 3.8) is 0 Å². The Balaban J connectivity index is 2.18. The van der Waals surface area contributed by atoms with Crippen LogP contribution >= 0.6 is 0 Å². The summed E-state index contributed by atoms with van der Waals surface area (Å²) in [6.07, 6.45) is -1.86. The number of hydrogen-bond acceptors (Lipinski definition) is 3. The highest BCUT2D eigenvalue weighted by Gasteiger charge is 2.47. The first-order valence-corrected chi connectivity index (χ1v) is 8.62. The minimum Gasteiger partial charge on any atom is -0.316 e. The van der Waals surface area contributed by atoms with Crippen molar-refractivity contribution in [1.29, 1.82) is 0 Å². The van der Waals surface area contributed by atoms with Crippen molar-refractivity contribution >= 4 is 9.84 Å². The molecule has 0 bridgehead atoms. The summed E-state index contributed by atoms with van der Waals surface area (Å²) >= 11 is 0. The molecule has 2 unspecified atom stereocenters. The number of sulfone groups is 1. The Hall–Kier alpha value is -1.01. The van der Waals surface area contributed by atoms with Gasteiger partial charge in [-0.15, -0.1) is 0 Å². The molecule has 1 saturated carbocycles. The monoisotopic (exact) mass is 317 g/mol. The molecule has 1 aliphatic rings. The summed E-state index contributed by atoms with van der Waals surface area (Å²) in [5.41, 5.74) is 1.15. The highest BCUT2D eigenvalue weighted by atomic mass is 32.2. The van der Waals surface area contributed by atoms with Gasteiger partial charge in [-0.05, 0) is 42.5 Å². The molecule has 1 fully saturated rings. The molecule has 1 aromatic rings. The lowest BCUT2D eigenvalue weighted by atomic mass is 9.56. The molecule has 6 heteroatoms. The van der Waals surface area contributed by atoms with Crippen LogP contribution in [-0.4, -0.2) is 33.7 Å². The second kappa shape index (κ2) is 5.65. The summed E-state index contributed by atoms with van der Waals surface area (Å²) in [6, 6.07) is 6.81. The van der Waals surface area contributed by atoms with Gasteiger partial charge in [-0.1, -0.05) is 26.0 Å². The standard InChI is InChI=1S/C15H21F2NO2S/c1-15(2)12(8-13(15)18-3)10-4-6-11(7-5-10)21(19,20)9-14(16)17/h4-7,12-14,18H,8-9H2,1-3H3. The number of halogens is 2. The van der Waals surface area contributed by atoms with Crippen LogP contribution in [0.4, 0.5) is 8.78 Å². The Morgan fingerprint density at radius 3 is 2.29 bits per heavy atom. The maximum atomic E-state index is 12.3. The smallest absolute Gasteiger partial charge is 0.252 e. The van der Waals surface area contributed by atoms with Crippen molar-refractivity contribution in [1.82, 2.24) is 5.32 Å². The molecule has 1 aliphatic carbocycles. The Labute approximate surface area is 124 Å². The zero-order chi connectivity index (χ0) is 15.8. The van der Waals surface area contributed by atoms with E-state index in [0.717, 1.165) is 12.0 Å². The van der Waals surface area contributed by atoms with Crippen LogP contribution in [0.5, 0.6) is 0 Å².